The number of rotatable bonds is 7. The number of nitrogens with one attached hydrogen (secondary N) is 1. The third kappa shape index (κ3) is 4.84. The molecule has 5 heteroatoms. The van der Waals surface area contributed by atoms with Gasteiger partial charge < -0.3 is 21.9 Å². The van der Waals surface area contributed by atoms with Gasteiger partial charge in [-0.2, -0.15) is 0 Å². The van der Waals surface area contributed by atoms with Crippen molar-refractivity contribution in [2.45, 2.75) is 25.4 Å². The number of amides is 1. The van der Waals surface area contributed by atoms with Crippen molar-refractivity contribution >= 4 is 5.91 Å². The van der Waals surface area contributed by atoms with Crippen LogP contribution in [0.3, 0.4) is 0 Å². The van der Waals surface area contributed by atoms with Crippen LogP contribution >= 0.6 is 0 Å². The molecule has 1 rings (SSSR count). The van der Waals surface area contributed by atoms with Gasteiger partial charge in [0, 0.05) is 6.54 Å². The van der Waals surface area contributed by atoms with E-state index >= 15 is 0 Å². The summed E-state index contributed by atoms with van der Waals surface area (Å²) in [7, 11) is 0. The molecule has 0 unspecified atom stereocenters. The van der Waals surface area contributed by atoms with Crippen molar-refractivity contribution in [2.24, 2.45) is 11.5 Å². The monoisotopic (exact) mass is 237 g/mol. The number of aromatic hydroxyl groups is 1. The van der Waals surface area contributed by atoms with Crippen molar-refractivity contribution in [3.63, 3.8) is 0 Å². The van der Waals surface area contributed by atoms with Crippen molar-refractivity contribution in [3.8, 4) is 5.75 Å². The smallest absolute Gasteiger partial charge is 0.234 e. The van der Waals surface area contributed by atoms with Gasteiger partial charge in [0.25, 0.3) is 0 Å². The number of primary amides is 1. The molecule has 0 saturated carbocycles. The Bertz CT molecular complexity index is 351. The predicted octanol–water partition coefficient (Wildman–Crippen LogP) is 0.0746. The van der Waals surface area contributed by atoms with Crippen molar-refractivity contribution < 1.29 is 9.90 Å². The van der Waals surface area contributed by atoms with Crippen LogP contribution in [0.25, 0.3) is 0 Å². The zero-order valence-corrected chi connectivity index (χ0v) is 9.73. The van der Waals surface area contributed by atoms with Gasteiger partial charge in [-0.15, -0.1) is 0 Å². The van der Waals surface area contributed by atoms with E-state index in [2.05, 4.69) is 5.32 Å². The molecular formula is C12H19N3O2. The van der Waals surface area contributed by atoms with E-state index in [1.165, 1.54) is 0 Å². The number of nitrogens with two attached hydrogens (primary N) is 2. The Labute approximate surface area is 101 Å². The van der Waals surface area contributed by atoms with Gasteiger partial charge in [0.05, 0.1) is 6.04 Å². The second-order valence-corrected chi connectivity index (χ2v) is 3.93. The van der Waals surface area contributed by atoms with Crippen molar-refractivity contribution in [1.82, 2.24) is 5.32 Å². The summed E-state index contributed by atoms with van der Waals surface area (Å²) in [6, 6.07) is 6.45. The lowest BCUT2D eigenvalue weighted by Crippen LogP contribution is -2.41. The maximum atomic E-state index is 11.2. The van der Waals surface area contributed by atoms with E-state index in [9.17, 15) is 4.79 Å². The van der Waals surface area contributed by atoms with E-state index in [-0.39, 0.29) is 17.7 Å². The van der Waals surface area contributed by atoms with Crippen LogP contribution in [0.1, 0.15) is 18.4 Å². The molecular weight excluding hydrogens is 218 g/mol. The molecule has 1 aromatic rings. The fourth-order valence-electron chi connectivity index (χ4n) is 1.52. The zero-order valence-electron chi connectivity index (χ0n) is 9.73. The lowest BCUT2D eigenvalue weighted by molar-refractivity contribution is -0.120. The van der Waals surface area contributed by atoms with Gasteiger partial charge in [-0.05, 0) is 37.1 Å². The van der Waals surface area contributed by atoms with Crippen LogP contribution in [0.2, 0.25) is 0 Å². The van der Waals surface area contributed by atoms with Crippen molar-refractivity contribution in [2.75, 3.05) is 6.54 Å². The highest BCUT2D eigenvalue weighted by Gasteiger charge is 2.13. The number of benzene rings is 1. The van der Waals surface area contributed by atoms with Gasteiger partial charge in [-0.25, -0.2) is 0 Å². The van der Waals surface area contributed by atoms with E-state index in [1.807, 2.05) is 0 Å². The molecule has 0 fully saturated rings. The first-order valence-corrected chi connectivity index (χ1v) is 5.64. The summed E-state index contributed by atoms with van der Waals surface area (Å²) in [5.74, 6) is -0.138. The highest BCUT2D eigenvalue weighted by molar-refractivity contribution is 5.79. The van der Waals surface area contributed by atoms with Crippen LogP contribution in [0.15, 0.2) is 24.3 Å². The molecule has 0 aliphatic carbocycles. The topological polar surface area (TPSA) is 101 Å². The molecule has 1 aromatic carbocycles. The van der Waals surface area contributed by atoms with Gasteiger partial charge in [-0.1, -0.05) is 12.1 Å². The lowest BCUT2D eigenvalue weighted by Gasteiger charge is -2.14. The second-order valence-electron chi connectivity index (χ2n) is 3.93. The van der Waals surface area contributed by atoms with E-state index in [1.54, 1.807) is 24.3 Å². The summed E-state index contributed by atoms with van der Waals surface area (Å²) in [6.45, 7) is 1.09. The Morgan fingerprint density at radius 3 is 2.53 bits per heavy atom. The molecule has 0 aliphatic heterocycles. The molecule has 1 atom stereocenters. The average molecular weight is 237 g/mol. The Morgan fingerprint density at radius 1 is 1.35 bits per heavy atom. The molecule has 0 spiro atoms. The first kappa shape index (κ1) is 13.5. The molecule has 94 valence electrons. The molecule has 0 aliphatic rings. The Morgan fingerprint density at radius 2 is 2.00 bits per heavy atom. The molecule has 0 aromatic heterocycles. The van der Waals surface area contributed by atoms with Gasteiger partial charge in [0.2, 0.25) is 5.91 Å². The number of phenolic OH excluding ortho intramolecular Hbond substituents is 1. The van der Waals surface area contributed by atoms with Crippen LogP contribution in [-0.2, 0) is 11.3 Å². The third-order valence-electron chi connectivity index (χ3n) is 2.53. The van der Waals surface area contributed by atoms with Crippen LogP contribution in [0.5, 0.6) is 5.75 Å². The summed E-state index contributed by atoms with van der Waals surface area (Å²) in [4.78, 5) is 11.2. The molecule has 5 nitrogen and oxygen atoms in total. The summed E-state index contributed by atoms with van der Waals surface area (Å²) >= 11 is 0. The van der Waals surface area contributed by atoms with Gasteiger partial charge in [0.1, 0.15) is 5.75 Å². The predicted molar refractivity (Wildman–Crippen MR) is 66.2 cm³/mol. The highest BCUT2D eigenvalue weighted by Crippen LogP contribution is 2.09. The van der Waals surface area contributed by atoms with E-state index in [0.29, 0.717) is 19.5 Å². The Hall–Kier alpha value is -1.59. The second kappa shape index (κ2) is 6.88. The molecule has 1 amide bonds. The fraction of sp³-hybridized carbons (Fsp3) is 0.417. The normalized spacial score (nSPS) is 12.3. The van der Waals surface area contributed by atoms with E-state index in [4.69, 9.17) is 16.6 Å². The quantitative estimate of drug-likeness (QED) is 0.539. The SMILES string of the molecule is NCCC[C@H](NCc1ccc(O)cc1)C(N)=O. The fourth-order valence-corrected chi connectivity index (χ4v) is 1.52. The minimum absolute atomic E-state index is 0.225. The first-order valence-electron chi connectivity index (χ1n) is 5.64. The summed E-state index contributed by atoms with van der Waals surface area (Å²) < 4.78 is 0. The van der Waals surface area contributed by atoms with Gasteiger partial charge in [-0.3, -0.25) is 4.79 Å². The van der Waals surface area contributed by atoms with Crippen molar-refractivity contribution in [3.05, 3.63) is 29.8 Å². The molecule has 0 bridgehead atoms. The molecule has 0 heterocycles. The van der Waals surface area contributed by atoms with Crippen LogP contribution in [-0.4, -0.2) is 23.6 Å². The van der Waals surface area contributed by atoms with Gasteiger partial charge >= 0.3 is 0 Å². The minimum Gasteiger partial charge on any atom is -0.508 e. The summed E-state index contributed by atoms with van der Waals surface area (Å²) in [5, 5.41) is 12.2. The summed E-state index contributed by atoms with van der Waals surface area (Å²) in [5.41, 5.74) is 11.7. The number of hydrogen-bond donors (Lipinski definition) is 4. The molecule has 0 radical (unpaired) electrons. The number of carbonyl (C=O) groups is 1. The standard InChI is InChI=1S/C12H19N3O2/c13-7-1-2-11(12(14)17)15-8-9-3-5-10(16)6-4-9/h3-6,11,15-16H,1-2,7-8,13H2,(H2,14,17)/t11-/m0/s1. The van der Waals surface area contributed by atoms with Crippen LogP contribution in [0.4, 0.5) is 0 Å². The van der Waals surface area contributed by atoms with E-state index < -0.39 is 0 Å². The average Bonchev–Trinajstić information content (AvgIpc) is 2.31. The molecule has 0 saturated heterocycles. The minimum atomic E-state index is -0.364. The lowest BCUT2D eigenvalue weighted by atomic mass is 10.1. The maximum Gasteiger partial charge on any atom is 0.234 e. The van der Waals surface area contributed by atoms with Crippen LogP contribution < -0.4 is 16.8 Å². The third-order valence-corrected chi connectivity index (χ3v) is 2.53. The molecule has 6 N–H and O–H groups in total. The summed E-state index contributed by atoms with van der Waals surface area (Å²) in [6.07, 6.45) is 1.40. The maximum absolute atomic E-state index is 11.2. The Balaban J connectivity index is 2.45. The van der Waals surface area contributed by atoms with E-state index in [0.717, 1.165) is 12.0 Å². The van der Waals surface area contributed by atoms with Crippen molar-refractivity contribution in [1.29, 1.82) is 0 Å². The largest absolute Gasteiger partial charge is 0.508 e. The first-order chi connectivity index (χ1) is 8.13. The number of hydrogen-bond acceptors (Lipinski definition) is 4. The zero-order chi connectivity index (χ0) is 12.7. The van der Waals surface area contributed by atoms with Crippen LogP contribution in [0, 0.1) is 0 Å². The van der Waals surface area contributed by atoms with Gasteiger partial charge in [0.15, 0.2) is 0 Å². The number of carbonyl (C=O) groups excluding carboxylic acids is 1. The Kier molecular flexibility index (Phi) is 5.45. The molecule has 17 heavy (non-hydrogen) atoms. The highest BCUT2D eigenvalue weighted by atomic mass is 16.3. The number of phenols is 1.